The average Bonchev–Trinajstić information content (AvgIpc) is 2.64. The van der Waals surface area contributed by atoms with Gasteiger partial charge in [-0.15, -0.1) is 13.2 Å². The monoisotopic (exact) mass is 346 g/mol. The summed E-state index contributed by atoms with van der Waals surface area (Å²) in [7, 11) is 1.62. The Bertz CT molecular complexity index is 566. The normalized spacial score (nSPS) is 22.8. The summed E-state index contributed by atoms with van der Waals surface area (Å²) < 4.78 is 22.5. The molecule has 1 aliphatic heterocycles. The number of methoxy groups -OCH3 is 1. The quantitative estimate of drug-likeness (QED) is 0.385. The SMILES string of the molecule is C=CCCCC(=O)O[C@H]1CO[C@@H](c2ccc(OC)cc2)O[C@H]1CC=C. The molecule has 0 amide bonds. The van der Waals surface area contributed by atoms with Gasteiger partial charge in [0.2, 0.25) is 0 Å². The Morgan fingerprint density at radius 1 is 1.28 bits per heavy atom. The van der Waals surface area contributed by atoms with Gasteiger partial charge in [-0.05, 0) is 31.4 Å². The Morgan fingerprint density at radius 2 is 2.04 bits per heavy atom. The highest BCUT2D eigenvalue weighted by Gasteiger charge is 2.34. The fourth-order valence-corrected chi connectivity index (χ4v) is 2.61. The van der Waals surface area contributed by atoms with Crippen molar-refractivity contribution in [3.8, 4) is 5.75 Å². The van der Waals surface area contributed by atoms with E-state index in [4.69, 9.17) is 18.9 Å². The second-order valence-corrected chi connectivity index (χ2v) is 5.85. The molecule has 0 aliphatic carbocycles. The molecule has 2 rings (SSSR count). The maximum atomic E-state index is 12.0. The van der Waals surface area contributed by atoms with Gasteiger partial charge in [0.05, 0.1) is 13.7 Å². The topological polar surface area (TPSA) is 54.0 Å². The Hall–Kier alpha value is -2.11. The molecule has 0 unspecified atom stereocenters. The second-order valence-electron chi connectivity index (χ2n) is 5.85. The van der Waals surface area contributed by atoms with E-state index < -0.39 is 12.4 Å². The maximum absolute atomic E-state index is 12.0. The Labute approximate surface area is 149 Å². The lowest BCUT2D eigenvalue weighted by atomic mass is 10.1. The molecule has 1 saturated heterocycles. The molecule has 3 atom stereocenters. The first kappa shape index (κ1) is 19.2. The van der Waals surface area contributed by atoms with Crippen LogP contribution in [0.2, 0.25) is 0 Å². The smallest absolute Gasteiger partial charge is 0.306 e. The van der Waals surface area contributed by atoms with E-state index in [0.717, 1.165) is 24.2 Å². The zero-order chi connectivity index (χ0) is 18.1. The van der Waals surface area contributed by atoms with Crippen LogP contribution in [0.3, 0.4) is 0 Å². The van der Waals surface area contributed by atoms with Gasteiger partial charge in [-0.25, -0.2) is 0 Å². The van der Waals surface area contributed by atoms with Crippen molar-refractivity contribution in [2.45, 2.75) is 44.2 Å². The Kier molecular flexibility index (Phi) is 7.70. The van der Waals surface area contributed by atoms with Crippen LogP contribution in [0.15, 0.2) is 49.6 Å². The standard InChI is InChI=1S/C20H26O5/c1-4-6-7-9-19(21)24-18-14-23-20(25-17(18)8-5-2)15-10-12-16(22-3)13-11-15/h4-5,10-13,17-18,20H,1-2,6-9,14H2,3H3/t17-,18-,20+/m0/s1. The van der Waals surface area contributed by atoms with Crippen molar-refractivity contribution in [2.75, 3.05) is 13.7 Å². The van der Waals surface area contributed by atoms with Crippen LogP contribution >= 0.6 is 0 Å². The first-order valence-corrected chi connectivity index (χ1v) is 8.50. The summed E-state index contributed by atoms with van der Waals surface area (Å²) in [5.74, 6) is 0.532. The largest absolute Gasteiger partial charge is 0.497 e. The van der Waals surface area contributed by atoms with E-state index in [1.165, 1.54) is 0 Å². The molecule has 1 aromatic rings. The summed E-state index contributed by atoms with van der Waals surface area (Å²) in [5.41, 5.74) is 0.894. The van der Waals surface area contributed by atoms with Gasteiger partial charge in [0.15, 0.2) is 12.4 Å². The van der Waals surface area contributed by atoms with Crippen LogP contribution in [0.25, 0.3) is 0 Å². The molecular weight excluding hydrogens is 320 g/mol. The third-order valence-electron chi connectivity index (χ3n) is 3.98. The molecule has 0 N–H and O–H groups in total. The van der Waals surface area contributed by atoms with Crippen LogP contribution in [0.1, 0.15) is 37.5 Å². The Balaban J connectivity index is 1.95. The van der Waals surface area contributed by atoms with Crippen molar-refractivity contribution < 1.29 is 23.7 Å². The number of ether oxygens (including phenoxy) is 4. The van der Waals surface area contributed by atoms with E-state index in [-0.39, 0.29) is 12.1 Å². The van der Waals surface area contributed by atoms with Crippen molar-refractivity contribution in [1.82, 2.24) is 0 Å². The molecule has 25 heavy (non-hydrogen) atoms. The van der Waals surface area contributed by atoms with Gasteiger partial charge < -0.3 is 18.9 Å². The zero-order valence-electron chi connectivity index (χ0n) is 14.7. The van der Waals surface area contributed by atoms with E-state index in [1.807, 2.05) is 24.3 Å². The minimum Gasteiger partial charge on any atom is -0.497 e. The van der Waals surface area contributed by atoms with E-state index in [9.17, 15) is 4.79 Å². The van der Waals surface area contributed by atoms with E-state index in [0.29, 0.717) is 19.4 Å². The number of carbonyl (C=O) groups is 1. The van der Waals surface area contributed by atoms with Crippen LogP contribution in [-0.2, 0) is 19.0 Å². The molecule has 136 valence electrons. The summed E-state index contributed by atoms with van der Waals surface area (Å²) >= 11 is 0. The van der Waals surface area contributed by atoms with Crippen molar-refractivity contribution in [2.24, 2.45) is 0 Å². The van der Waals surface area contributed by atoms with Gasteiger partial charge in [0, 0.05) is 12.0 Å². The molecule has 0 spiro atoms. The average molecular weight is 346 g/mol. The van der Waals surface area contributed by atoms with Crippen LogP contribution in [0.5, 0.6) is 5.75 Å². The molecule has 1 heterocycles. The number of hydrogen-bond acceptors (Lipinski definition) is 5. The fraction of sp³-hybridized carbons (Fsp3) is 0.450. The van der Waals surface area contributed by atoms with Gasteiger partial charge in [0.1, 0.15) is 11.9 Å². The molecule has 0 radical (unpaired) electrons. The number of carbonyl (C=O) groups excluding carboxylic acids is 1. The van der Waals surface area contributed by atoms with Crippen LogP contribution < -0.4 is 4.74 Å². The molecule has 0 bridgehead atoms. The molecule has 1 aromatic carbocycles. The fourth-order valence-electron chi connectivity index (χ4n) is 2.61. The maximum Gasteiger partial charge on any atom is 0.306 e. The Morgan fingerprint density at radius 3 is 2.68 bits per heavy atom. The first-order chi connectivity index (χ1) is 12.2. The lowest BCUT2D eigenvalue weighted by molar-refractivity contribution is -0.261. The summed E-state index contributed by atoms with van der Waals surface area (Å²) in [6.45, 7) is 7.70. The summed E-state index contributed by atoms with van der Waals surface area (Å²) in [6.07, 6.45) is 4.84. The number of rotatable bonds is 9. The van der Waals surface area contributed by atoms with Gasteiger partial charge in [0.25, 0.3) is 0 Å². The van der Waals surface area contributed by atoms with Gasteiger partial charge in [-0.2, -0.15) is 0 Å². The summed E-state index contributed by atoms with van der Waals surface area (Å²) in [4.78, 5) is 12.0. The number of hydrogen-bond donors (Lipinski definition) is 0. The number of esters is 1. The minimum absolute atomic E-state index is 0.240. The van der Waals surface area contributed by atoms with Crippen molar-refractivity contribution in [1.29, 1.82) is 0 Å². The van der Waals surface area contributed by atoms with Crippen LogP contribution in [0.4, 0.5) is 0 Å². The van der Waals surface area contributed by atoms with Crippen molar-refractivity contribution in [3.63, 3.8) is 0 Å². The highest BCUT2D eigenvalue weighted by atomic mass is 16.7. The molecular formula is C20H26O5. The number of allylic oxidation sites excluding steroid dienone is 1. The van der Waals surface area contributed by atoms with Gasteiger partial charge in [-0.1, -0.05) is 24.3 Å². The minimum atomic E-state index is -0.494. The lowest BCUT2D eigenvalue weighted by Crippen LogP contribution is -2.43. The third kappa shape index (κ3) is 5.73. The highest BCUT2D eigenvalue weighted by molar-refractivity contribution is 5.69. The molecule has 1 fully saturated rings. The van der Waals surface area contributed by atoms with Crippen LogP contribution in [0, 0.1) is 0 Å². The van der Waals surface area contributed by atoms with Gasteiger partial charge in [-0.3, -0.25) is 4.79 Å². The second kappa shape index (κ2) is 10.0. The van der Waals surface area contributed by atoms with E-state index in [2.05, 4.69) is 13.2 Å². The molecule has 0 saturated carbocycles. The zero-order valence-corrected chi connectivity index (χ0v) is 14.7. The highest BCUT2D eigenvalue weighted by Crippen LogP contribution is 2.30. The number of unbranched alkanes of at least 4 members (excludes halogenated alkanes) is 1. The molecule has 5 nitrogen and oxygen atoms in total. The predicted molar refractivity (Wildman–Crippen MR) is 95.3 cm³/mol. The summed E-state index contributed by atoms with van der Waals surface area (Å²) in [5, 5.41) is 0. The molecule has 0 aromatic heterocycles. The molecule has 1 aliphatic rings. The van der Waals surface area contributed by atoms with Crippen molar-refractivity contribution in [3.05, 3.63) is 55.1 Å². The van der Waals surface area contributed by atoms with Crippen LogP contribution in [-0.4, -0.2) is 31.9 Å². The van der Waals surface area contributed by atoms with E-state index >= 15 is 0 Å². The van der Waals surface area contributed by atoms with Gasteiger partial charge >= 0.3 is 5.97 Å². The molecule has 5 heteroatoms. The summed E-state index contributed by atoms with van der Waals surface area (Å²) in [6, 6.07) is 7.51. The lowest BCUT2D eigenvalue weighted by Gasteiger charge is -2.36. The predicted octanol–water partition coefficient (Wildman–Crippen LogP) is 3.95. The first-order valence-electron chi connectivity index (χ1n) is 8.50. The number of benzene rings is 1. The van der Waals surface area contributed by atoms with E-state index in [1.54, 1.807) is 19.3 Å². The van der Waals surface area contributed by atoms with Crippen molar-refractivity contribution >= 4 is 5.97 Å². The third-order valence-corrected chi connectivity index (χ3v) is 3.98.